The molecule has 0 heterocycles. The molecule has 0 aliphatic carbocycles. The third kappa shape index (κ3) is 2.85. The van der Waals surface area contributed by atoms with Gasteiger partial charge in [-0.1, -0.05) is 0 Å². The van der Waals surface area contributed by atoms with Crippen LogP contribution < -0.4 is 0 Å². The van der Waals surface area contributed by atoms with Crippen LogP contribution in [0.15, 0.2) is 0 Å². The van der Waals surface area contributed by atoms with Crippen LogP contribution in [0.25, 0.3) is 0 Å². The lowest BCUT2D eigenvalue weighted by Crippen LogP contribution is -2.21. The zero-order chi connectivity index (χ0) is 5.86. The molecule has 0 amide bonds. The van der Waals surface area contributed by atoms with Gasteiger partial charge in [-0.25, -0.2) is 0 Å². The molecular weight excluding hydrogens is 114 g/mol. The van der Waals surface area contributed by atoms with Crippen molar-refractivity contribution in [1.82, 2.24) is 4.42 Å². The molecule has 0 saturated carbocycles. The number of aliphatic hydroxyl groups excluding tert-OH is 1. The minimum Gasteiger partial charge on any atom is -0.380 e. The minimum atomic E-state index is -0.0841. The number of nitrogens with zero attached hydrogens (tertiary/aromatic N) is 1. The molecule has 0 atom stereocenters. The van der Waals surface area contributed by atoms with Crippen molar-refractivity contribution < 1.29 is 5.11 Å². The summed E-state index contributed by atoms with van der Waals surface area (Å²) < 4.78 is 1.32. The van der Waals surface area contributed by atoms with E-state index in [0.29, 0.717) is 0 Å². The van der Waals surface area contributed by atoms with E-state index in [9.17, 15) is 0 Å². The van der Waals surface area contributed by atoms with Crippen LogP contribution in [0.3, 0.4) is 0 Å². The summed E-state index contributed by atoms with van der Waals surface area (Å²) in [5.74, 6) is 0. The summed E-state index contributed by atoms with van der Waals surface area (Å²) in [4.78, 5) is 0. The fourth-order valence-electron chi connectivity index (χ4n) is 0.163. The van der Waals surface area contributed by atoms with Crippen molar-refractivity contribution in [2.75, 3.05) is 6.73 Å². The Morgan fingerprint density at radius 2 is 2.14 bits per heavy atom. The van der Waals surface area contributed by atoms with Gasteiger partial charge in [0.15, 0.2) is 0 Å². The number of rotatable bonds is 2. The van der Waals surface area contributed by atoms with Crippen molar-refractivity contribution in [3.8, 4) is 0 Å². The highest BCUT2D eigenvalue weighted by Gasteiger charge is 2.00. The van der Waals surface area contributed by atoms with Crippen LogP contribution in [-0.4, -0.2) is 22.3 Å². The van der Waals surface area contributed by atoms with E-state index in [1.807, 2.05) is 13.8 Å². The largest absolute Gasteiger partial charge is 0.380 e. The molecule has 0 aromatic carbocycles. The molecule has 0 rings (SSSR count). The number of hydrogen-bond acceptors (Lipinski definition) is 2. The quantitative estimate of drug-likeness (QED) is 0.434. The number of halogens is 1. The highest BCUT2D eigenvalue weighted by atomic mass is 35.5. The van der Waals surface area contributed by atoms with Gasteiger partial charge in [-0.2, -0.15) is 4.42 Å². The molecule has 0 aromatic heterocycles. The number of hydrogen-bond donors (Lipinski definition) is 1. The molecule has 0 radical (unpaired) electrons. The fraction of sp³-hybridized carbons (Fsp3) is 1.00. The van der Waals surface area contributed by atoms with E-state index < -0.39 is 0 Å². The standard InChI is InChI=1S/C4H10ClNO/c1-4(2)6(5)3-7/h4,7H,3H2,1-2H3. The Morgan fingerprint density at radius 1 is 1.71 bits per heavy atom. The fourth-order valence-corrected chi connectivity index (χ4v) is 0.163. The summed E-state index contributed by atoms with van der Waals surface area (Å²) in [5, 5.41) is 8.30. The molecule has 0 bridgehead atoms. The van der Waals surface area contributed by atoms with Crippen molar-refractivity contribution in [2.45, 2.75) is 19.9 Å². The molecule has 0 aliphatic heterocycles. The first-order chi connectivity index (χ1) is 3.18. The van der Waals surface area contributed by atoms with Gasteiger partial charge in [-0.3, -0.25) is 0 Å². The lowest BCUT2D eigenvalue weighted by atomic mass is 10.4. The average Bonchev–Trinajstić information content (AvgIpc) is 1.65. The summed E-state index contributed by atoms with van der Waals surface area (Å²) >= 11 is 5.38. The van der Waals surface area contributed by atoms with Crippen LogP contribution in [0.5, 0.6) is 0 Å². The first-order valence-electron chi connectivity index (χ1n) is 2.21. The molecule has 0 fully saturated rings. The number of aliphatic hydroxyl groups is 1. The zero-order valence-electron chi connectivity index (χ0n) is 4.56. The molecule has 0 aromatic rings. The lowest BCUT2D eigenvalue weighted by Gasteiger charge is -2.12. The second-order valence-corrected chi connectivity index (χ2v) is 2.07. The van der Waals surface area contributed by atoms with E-state index in [0.717, 1.165) is 0 Å². The molecule has 0 spiro atoms. The molecule has 3 heteroatoms. The van der Waals surface area contributed by atoms with Crippen molar-refractivity contribution in [3.05, 3.63) is 0 Å². The highest BCUT2D eigenvalue weighted by molar-refractivity contribution is 6.13. The molecule has 7 heavy (non-hydrogen) atoms. The molecular formula is C4H10ClNO. The maximum atomic E-state index is 8.30. The maximum absolute atomic E-state index is 8.30. The molecule has 1 N–H and O–H groups in total. The summed E-state index contributed by atoms with van der Waals surface area (Å²) in [6.45, 7) is 3.73. The van der Waals surface area contributed by atoms with Crippen LogP contribution in [0.1, 0.15) is 13.8 Å². The Hall–Kier alpha value is 0.210. The van der Waals surface area contributed by atoms with Gasteiger partial charge in [-0.15, -0.1) is 0 Å². The normalized spacial score (nSPS) is 11.1. The molecule has 0 unspecified atom stereocenters. The van der Waals surface area contributed by atoms with Crippen molar-refractivity contribution in [1.29, 1.82) is 0 Å². The van der Waals surface area contributed by atoms with E-state index in [4.69, 9.17) is 16.9 Å². The van der Waals surface area contributed by atoms with Gasteiger partial charge in [0.05, 0.1) is 0 Å². The van der Waals surface area contributed by atoms with E-state index in [1.54, 1.807) is 0 Å². The van der Waals surface area contributed by atoms with Gasteiger partial charge in [-0.05, 0) is 25.6 Å². The van der Waals surface area contributed by atoms with Crippen LogP contribution in [-0.2, 0) is 0 Å². The van der Waals surface area contributed by atoms with E-state index in [1.165, 1.54) is 4.42 Å². The first-order valence-corrected chi connectivity index (χ1v) is 2.55. The second kappa shape index (κ2) is 3.24. The second-order valence-electron chi connectivity index (χ2n) is 1.63. The van der Waals surface area contributed by atoms with E-state index in [-0.39, 0.29) is 12.8 Å². The highest BCUT2D eigenvalue weighted by Crippen LogP contribution is 1.97. The molecule has 44 valence electrons. The predicted molar refractivity (Wildman–Crippen MR) is 29.9 cm³/mol. The van der Waals surface area contributed by atoms with Gasteiger partial charge in [0.1, 0.15) is 6.73 Å². The topological polar surface area (TPSA) is 23.5 Å². The monoisotopic (exact) mass is 123 g/mol. The van der Waals surface area contributed by atoms with E-state index in [2.05, 4.69) is 0 Å². The summed E-state index contributed by atoms with van der Waals surface area (Å²) in [7, 11) is 0. The molecule has 0 aliphatic rings. The maximum Gasteiger partial charge on any atom is 0.110 e. The van der Waals surface area contributed by atoms with Crippen molar-refractivity contribution in [3.63, 3.8) is 0 Å². The summed E-state index contributed by atoms with van der Waals surface area (Å²) in [5.41, 5.74) is 0. The Morgan fingerprint density at radius 3 is 2.14 bits per heavy atom. The Bertz CT molecular complexity index is 49.0. The van der Waals surface area contributed by atoms with Crippen LogP contribution in [0.2, 0.25) is 0 Å². The van der Waals surface area contributed by atoms with Crippen molar-refractivity contribution >= 4 is 11.8 Å². The van der Waals surface area contributed by atoms with Gasteiger partial charge in [0, 0.05) is 6.04 Å². The van der Waals surface area contributed by atoms with Crippen LogP contribution >= 0.6 is 11.8 Å². The average molecular weight is 124 g/mol. The lowest BCUT2D eigenvalue weighted by molar-refractivity contribution is 0.161. The zero-order valence-corrected chi connectivity index (χ0v) is 5.31. The molecule has 2 nitrogen and oxygen atoms in total. The Kier molecular flexibility index (Phi) is 3.34. The van der Waals surface area contributed by atoms with E-state index >= 15 is 0 Å². The third-order valence-electron chi connectivity index (χ3n) is 0.695. The summed E-state index contributed by atoms with van der Waals surface area (Å²) in [6.07, 6.45) is 0. The van der Waals surface area contributed by atoms with Gasteiger partial charge in [0.2, 0.25) is 0 Å². The Labute approximate surface area is 48.8 Å². The van der Waals surface area contributed by atoms with Gasteiger partial charge in [0.25, 0.3) is 0 Å². The summed E-state index contributed by atoms with van der Waals surface area (Å²) in [6, 6.07) is 0.215. The smallest absolute Gasteiger partial charge is 0.110 e. The Balaban J connectivity index is 3.14. The molecule has 0 saturated heterocycles. The SMILES string of the molecule is CC(C)N(Cl)CO. The van der Waals surface area contributed by atoms with Gasteiger partial charge >= 0.3 is 0 Å². The van der Waals surface area contributed by atoms with Crippen LogP contribution in [0.4, 0.5) is 0 Å². The van der Waals surface area contributed by atoms with Gasteiger partial charge < -0.3 is 5.11 Å². The first kappa shape index (κ1) is 7.21. The minimum absolute atomic E-state index is 0.0841. The van der Waals surface area contributed by atoms with Crippen molar-refractivity contribution in [2.24, 2.45) is 0 Å². The third-order valence-corrected chi connectivity index (χ3v) is 1.19. The predicted octanol–water partition coefficient (Wildman–Crippen LogP) is 0.800. The van der Waals surface area contributed by atoms with Crippen LogP contribution in [0, 0.1) is 0 Å².